The first kappa shape index (κ1) is 10.5. The van der Waals surface area contributed by atoms with E-state index in [2.05, 4.69) is 5.32 Å². The molecule has 0 unspecified atom stereocenters. The summed E-state index contributed by atoms with van der Waals surface area (Å²) in [5.41, 5.74) is 0.0984. The number of fused-ring (bicyclic) bond motifs is 1. The lowest BCUT2D eigenvalue weighted by molar-refractivity contribution is -0.119. The molecule has 1 aromatic rings. The fraction of sp³-hybridized carbons (Fsp3) is 0.273. The zero-order valence-corrected chi connectivity index (χ0v) is 8.87. The summed E-state index contributed by atoms with van der Waals surface area (Å²) < 4.78 is 0. The third kappa shape index (κ3) is 1.25. The van der Waals surface area contributed by atoms with Crippen molar-refractivity contribution >= 4 is 17.6 Å². The van der Waals surface area contributed by atoms with Gasteiger partial charge in [-0.25, -0.2) is 4.79 Å². The SMILES string of the molecule is CC1(C)C(=O)Nc2cc(O)c(C(=O)O)cc21. The predicted octanol–water partition coefficient (Wildman–Crippen LogP) is 1.32. The molecule has 1 amide bonds. The molecule has 1 aliphatic heterocycles. The van der Waals surface area contributed by atoms with Crippen molar-refractivity contribution in [1.29, 1.82) is 0 Å². The Morgan fingerprint density at radius 3 is 2.56 bits per heavy atom. The molecular weight excluding hydrogens is 210 g/mol. The molecule has 0 bridgehead atoms. The van der Waals surface area contributed by atoms with E-state index in [-0.39, 0.29) is 17.2 Å². The number of aromatic hydroxyl groups is 1. The number of aromatic carboxylic acids is 1. The summed E-state index contributed by atoms with van der Waals surface area (Å²) in [6.07, 6.45) is 0. The molecule has 5 nitrogen and oxygen atoms in total. The minimum Gasteiger partial charge on any atom is -0.507 e. The topological polar surface area (TPSA) is 86.6 Å². The van der Waals surface area contributed by atoms with E-state index >= 15 is 0 Å². The van der Waals surface area contributed by atoms with Crippen molar-refractivity contribution in [1.82, 2.24) is 0 Å². The van der Waals surface area contributed by atoms with Gasteiger partial charge in [0.2, 0.25) is 5.91 Å². The van der Waals surface area contributed by atoms with Gasteiger partial charge in [0.1, 0.15) is 11.3 Å². The summed E-state index contributed by atoms with van der Waals surface area (Å²) in [6.45, 7) is 3.41. The molecule has 0 fully saturated rings. The van der Waals surface area contributed by atoms with Crippen molar-refractivity contribution < 1.29 is 19.8 Å². The van der Waals surface area contributed by atoms with E-state index in [4.69, 9.17) is 5.11 Å². The summed E-state index contributed by atoms with van der Waals surface area (Å²) >= 11 is 0. The van der Waals surface area contributed by atoms with Crippen LogP contribution in [-0.2, 0) is 10.2 Å². The maximum Gasteiger partial charge on any atom is 0.339 e. The second kappa shape index (κ2) is 2.98. The number of carboxylic acid groups (broad SMARTS) is 1. The number of carboxylic acids is 1. The van der Waals surface area contributed by atoms with E-state index < -0.39 is 11.4 Å². The molecule has 2 rings (SSSR count). The Kier molecular flexibility index (Phi) is 1.95. The minimum atomic E-state index is -1.21. The maximum atomic E-state index is 11.6. The van der Waals surface area contributed by atoms with Crippen molar-refractivity contribution in [2.75, 3.05) is 5.32 Å². The van der Waals surface area contributed by atoms with Crippen LogP contribution in [0.2, 0.25) is 0 Å². The Labute approximate surface area is 91.7 Å². The highest BCUT2D eigenvalue weighted by atomic mass is 16.4. The van der Waals surface area contributed by atoms with Gasteiger partial charge in [0.15, 0.2) is 0 Å². The van der Waals surface area contributed by atoms with Crippen molar-refractivity contribution in [3.05, 3.63) is 23.3 Å². The van der Waals surface area contributed by atoms with Crippen LogP contribution in [0.4, 0.5) is 5.69 Å². The van der Waals surface area contributed by atoms with Crippen LogP contribution < -0.4 is 5.32 Å². The number of benzene rings is 1. The third-order valence-electron chi connectivity index (χ3n) is 2.86. The molecule has 84 valence electrons. The first-order valence-corrected chi connectivity index (χ1v) is 4.76. The van der Waals surface area contributed by atoms with E-state index in [0.717, 1.165) is 0 Å². The van der Waals surface area contributed by atoms with Gasteiger partial charge in [-0.1, -0.05) is 0 Å². The Morgan fingerprint density at radius 1 is 1.38 bits per heavy atom. The minimum absolute atomic E-state index is 0.191. The number of nitrogens with one attached hydrogen (secondary N) is 1. The van der Waals surface area contributed by atoms with Crippen LogP contribution in [0.5, 0.6) is 5.75 Å². The van der Waals surface area contributed by atoms with Gasteiger partial charge < -0.3 is 15.5 Å². The van der Waals surface area contributed by atoms with Crippen LogP contribution >= 0.6 is 0 Å². The Hall–Kier alpha value is -2.04. The molecule has 5 heteroatoms. The first-order chi connectivity index (χ1) is 7.34. The van der Waals surface area contributed by atoms with Crippen LogP contribution in [0.1, 0.15) is 29.8 Å². The van der Waals surface area contributed by atoms with Crippen LogP contribution in [0.3, 0.4) is 0 Å². The lowest BCUT2D eigenvalue weighted by Gasteiger charge is -2.15. The summed E-state index contributed by atoms with van der Waals surface area (Å²) in [6, 6.07) is 2.61. The van der Waals surface area contributed by atoms with Crippen molar-refractivity contribution in [2.45, 2.75) is 19.3 Å². The number of phenols is 1. The van der Waals surface area contributed by atoms with Crippen LogP contribution in [-0.4, -0.2) is 22.1 Å². The number of carbonyl (C=O) groups excluding carboxylic acids is 1. The second-order valence-electron chi connectivity index (χ2n) is 4.30. The highest BCUT2D eigenvalue weighted by molar-refractivity contribution is 6.07. The van der Waals surface area contributed by atoms with Gasteiger partial charge in [-0.05, 0) is 25.5 Å². The standard InChI is InChI=1S/C11H11NO4/c1-11(2)6-3-5(9(14)15)8(13)4-7(6)12-10(11)16/h3-4,13H,1-2H3,(H,12,16)(H,14,15). The van der Waals surface area contributed by atoms with Gasteiger partial charge in [0, 0.05) is 11.8 Å². The molecule has 0 aliphatic carbocycles. The Morgan fingerprint density at radius 2 is 2.00 bits per heavy atom. The van der Waals surface area contributed by atoms with Crippen molar-refractivity contribution in [3.63, 3.8) is 0 Å². The molecule has 16 heavy (non-hydrogen) atoms. The largest absolute Gasteiger partial charge is 0.507 e. The average Bonchev–Trinajstić information content (AvgIpc) is 2.36. The molecule has 3 N–H and O–H groups in total. The molecule has 0 aromatic heterocycles. The average molecular weight is 221 g/mol. The van der Waals surface area contributed by atoms with Crippen LogP contribution in [0.15, 0.2) is 12.1 Å². The van der Waals surface area contributed by atoms with Gasteiger partial charge >= 0.3 is 5.97 Å². The molecule has 0 radical (unpaired) electrons. The molecule has 1 heterocycles. The molecule has 0 saturated carbocycles. The van der Waals surface area contributed by atoms with Crippen LogP contribution in [0, 0.1) is 0 Å². The highest BCUT2D eigenvalue weighted by Gasteiger charge is 2.39. The Bertz CT molecular complexity index is 505. The third-order valence-corrected chi connectivity index (χ3v) is 2.86. The summed E-state index contributed by atoms with van der Waals surface area (Å²) in [7, 11) is 0. The second-order valence-corrected chi connectivity index (χ2v) is 4.30. The molecule has 0 spiro atoms. The van der Waals surface area contributed by atoms with Gasteiger partial charge in [-0.3, -0.25) is 4.79 Å². The monoisotopic (exact) mass is 221 g/mol. The van der Waals surface area contributed by atoms with Gasteiger partial charge in [-0.2, -0.15) is 0 Å². The Balaban J connectivity index is 2.67. The normalized spacial score (nSPS) is 16.8. The number of carbonyl (C=O) groups is 2. The highest BCUT2D eigenvalue weighted by Crippen LogP contribution is 2.40. The zero-order chi connectivity index (χ0) is 12.1. The van der Waals surface area contributed by atoms with E-state index in [9.17, 15) is 14.7 Å². The summed E-state index contributed by atoms with van der Waals surface area (Å²) in [4.78, 5) is 22.5. The first-order valence-electron chi connectivity index (χ1n) is 4.76. The number of anilines is 1. The molecule has 1 aliphatic rings. The van der Waals surface area contributed by atoms with E-state index in [0.29, 0.717) is 11.3 Å². The zero-order valence-electron chi connectivity index (χ0n) is 8.87. The van der Waals surface area contributed by atoms with E-state index in [1.807, 2.05) is 0 Å². The molecule has 0 saturated heterocycles. The fourth-order valence-corrected chi connectivity index (χ4v) is 1.78. The van der Waals surface area contributed by atoms with Gasteiger partial charge in [-0.15, -0.1) is 0 Å². The van der Waals surface area contributed by atoms with Gasteiger partial charge in [0.05, 0.1) is 5.41 Å². The summed E-state index contributed by atoms with van der Waals surface area (Å²) in [5.74, 6) is -1.76. The predicted molar refractivity (Wildman–Crippen MR) is 56.7 cm³/mol. The molecular formula is C11H11NO4. The number of amides is 1. The molecule has 1 aromatic carbocycles. The summed E-state index contributed by atoms with van der Waals surface area (Å²) in [5, 5.41) is 20.9. The number of hydrogen-bond acceptors (Lipinski definition) is 3. The lowest BCUT2D eigenvalue weighted by Crippen LogP contribution is -2.26. The lowest BCUT2D eigenvalue weighted by atomic mass is 9.85. The van der Waals surface area contributed by atoms with E-state index in [1.165, 1.54) is 12.1 Å². The smallest absolute Gasteiger partial charge is 0.339 e. The van der Waals surface area contributed by atoms with Crippen molar-refractivity contribution in [3.8, 4) is 5.75 Å². The maximum absolute atomic E-state index is 11.6. The molecule has 0 atom stereocenters. The fourth-order valence-electron chi connectivity index (χ4n) is 1.78. The van der Waals surface area contributed by atoms with Crippen molar-refractivity contribution in [2.24, 2.45) is 0 Å². The van der Waals surface area contributed by atoms with E-state index in [1.54, 1.807) is 13.8 Å². The number of rotatable bonds is 1. The quantitative estimate of drug-likeness (QED) is 0.667. The number of hydrogen-bond donors (Lipinski definition) is 3. The van der Waals surface area contributed by atoms with Gasteiger partial charge in [0.25, 0.3) is 0 Å². The van der Waals surface area contributed by atoms with Crippen LogP contribution in [0.25, 0.3) is 0 Å².